The van der Waals surface area contributed by atoms with Crippen LogP contribution in [0.1, 0.15) is 40.0 Å². The first-order valence-corrected chi connectivity index (χ1v) is 11.9. The van der Waals surface area contributed by atoms with Crippen LogP contribution in [0.4, 0.5) is 0 Å². The number of hydrogen-bond acceptors (Lipinski definition) is 6. The van der Waals surface area contributed by atoms with E-state index in [1.165, 1.54) is 0 Å². The summed E-state index contributed by atoms with van der Waals surface area (Å²) in [7, 11) is -1.05. The third-order valence-electron chi connectivity index (χ3n) is 4.53. The maximum atomic E-state index is 6.08. The zero-order valence-corrected chi connectivity index (χ0v) is 20.2. The molecule has 0 aliphatic heterocycles. The van der Waals surface area contributed by atoms with Crippen LogP contribution in [-0.2, 0) is 0 Å². The van der Waals surface area contributed by atoms with Crippen LogP contribution in [0.3, 0.4) is 0 Å². The normalized spacial score (nSPS) is 10.3. The van der Waals surface area contributed by atoms with Crippen LogP contribution in [-0.4, -0.2) is 27.1 Å². The summed E-state index contributed by atoms with van der Waals surface area (Å²) in [6.45, 7) is 8.09. The topological polar surface area (TPSA) is 55.4 Å². The molecule has 0 heterocycles. The summed E-state index contributed by atoms with van der Waals surface area (Å²) >= 11 is 0. The molecule has 6 nitrogen and oxygen atoms in total. The van der Waals surface area contributed by atoms with Crippen LogP contribution in [0.25, 0.3) is 0 Å². The van der Waals surface area contributed by atoms with Crippen molar-refractivity contribution in [3.63, 3.8) is 0 Å². The Kier molecular flexibility index (Phi) is 10.3. The van der Waals surface area contributed by atoms with Gasteiger partial charge in [0.25, 0.3) is 0 Å². The quantitative estimate of drug-likeness (QED) is 0.237. The largest absolute Gasteiger partial charge is 0.864 e. The van der Waals surface area contributed by atoms with E-state index in [9.17, 15) is 0 Å². The first-order valence-electron chi connectivity index (χ1n) is 11.9. The molecule has 0 aromatic heterocycles. The van der Waals surface area contributed by atoms with Crippen molar-refractivity contribution in [2.75, 3.05) is 19.8 Å². The Hall–Kier alpha value is -3.48. The van der Waals surface area contributed by atoms with Gasteiger partial charge < -0.3 is 28.2 Å². The second-order valence-electron chi connectivity index (χ2n) is 7.61. The van der Waals surface area contributed by atoms with Gasteiger partial charge in [0.1, 0.15) is 34.5 Å². The van der Waals surface area contributed by atoms with Crippen molar-refractivity contribution < 1.29 is 28.2 Å². The minimum absolute atomic E-state index is 0.565. The summed E-state index contributed by atoms with van der Waals surface area (Å²) in [5.41, 5.74) is 0. The molecule has 0 fully saturated rings. The summed E-state index contributed by atoms with van der Waals surface area (Å²) in [6, 6.07) is 22.2. The zero-order valence-electron chi connectivity index (χ0n) is 20.2. The molecule has 34 heavy (non-hydrogen) atoms. The summed E-state index contributed by atoms with van der Waals surface area (Å²) in [4.78, 5) is 0. The molecule has 0 unspecified atom stereocenters. The molecule has 0 spiro atoms. The molecule has 0 saturated carbocycles. The van der Waals surface area contributed by atoms with E-state index in [0.717, 1.165) is 36.5 Å². The molecule has 0 saturated heterocycles. The Morgan fingerprint density at radius 2 is 0.765 bits per heavy atom. The Labute approximate surface area is 202 Å². The predicted octanol–water partition coefficient (Wildman–Crippen LogP) is 6.57. The lowest BCUT2D eigenvalue weighted by atomic mass is 10.2. The van der Waals surface area contributed by atoms with Crippen molar-refractivity contribution in [1.29, 1.82) is 0 Å². The van der Waals surface area contributed by atoms with Gasteiger partial charge in [0.05, 0.1) is 19.8 Å². The Morgan fingerprint density at radius 3 is 1.06 bits per heavy atom. The smallest absolute Gasteiger partial charge is 0.493 e. The Morgan fingerprint density at radius 1 is 0.471 bits per heavy atom. The molecule has 0 aliphatic rings. The number of benzene rings is 3. The van der Waals surface area contributed by atoms with Gasteiger partial charge in [-0.15, -0.1) is 0 Å². The lowest BCUT2D eigenvalue weighted by Crippen LogP contribution is -2.37. The molecule has 180 valence electrons. The number of hydrogen-bond donors (Lipinski definition) is 0. The monoisotopic (exact) mass is 464 g/mol. The second kappa shape index (κ2) is 13.9. The third kappa shape index (κ3) is 8.47. The Bertz CT molecular complexity index is 869. The molecule has 0 atom stereocenters. The maximum Gasteiger partial charge on any atom is 0.864 e. The third-order valence-corrected chi connectivity index (χ3v) is 4.53. The van der Waals surface area contributed by atoms with Gasteiger partial charge in [-0.2, -0.15) is 0 Å². The lowest BCUT2D eigenvalue weighted by Gasteiger charge is -2.18. The molecule has 7 heteroatoms. The lowest BCUT2D eigenvalue weighted by molar-refractivity contribution is 0.294. The Balaban J connectivity index is 1.78. The zero-order chi connectivity index (χ0) is 24.0. The molecule has 0 amide bonds. The van der Waals surface area contributed by atoms with Crippen molar-refractivity contribution in [3.05, 3.63) is 72.8 Å². The highest BCUT2D eigenvalue weighted by molar-refractivity contribution is 6.39. The highest BCUT2D eigenvalue weighted by Gasteiger charge is 2.31. The minimum atomic E-state index is -1.05. The van der Waals surface area contributed by atoms with Crippen LogP contribution in [0.5, 0.6) is 34.5 Å². The second-order valence-corrected chi connectivity index (χ2v) is 7.61. The minimum Gasteiger partial charge on any atom is -0.493 e. The molecule has 0 N–H and O–H groups in total. The van der Waals surface area contributed by atoms with Crippen molar-refractivity contribution >= 4 is 7.32 Å². The molecule has 3 rings (SSSR count). The van der Waals surface area contributed by atoms with Crippen LogP contribution < -0.4 is 28.2 Å². The van der Waals surface area contributed by atoms with E-state index >= 15 is 0 Å². The first-order chi connectivity index (χ1) is 16.7. The number of rotatable bonds is 15. The molecular formula is C27H33BO6. The van der Waals surface area contributed by atoms with Gasteiger partial charge in [0, 0.05) is 18.2 Å². The summed E-state index contributed by atoms with van der Waals surface area (Å²) < 4.78 is 35.4. The van der Waals surface area contributed by atoms with E-state index in [1.807, 2.05) is 72.8 Å². The van der Waals surface area contributed by atoms with Crippen molar-refractivity contribution in [2.45, 2.75) is 40.0 Å². The van der Waals surface area contributed by atoms with Gasteiger partial charge in [-0.05, 0) is 55.7 Å². The van der Waals surface area contributed by atoms with Crippen molar-refractivity contribution in [2.24, 2.45) is 0 Å². The summed E-state index contributed by atoms with van der Waals surface area (Å²) in [5.74, 6) is 3.87. The first kappa shape index (κ1) is 25.2. The molecular weight excluding hydrogens is 431 g/mol. The fourth-order valence-electron chi connectivity index (χ4n) is 2.98. The van der Waals surface area contributed by atoms with E-state index in [4.69, 9.17) is 28.2 Å². The van der Waals surface area contributed by atoms with Crippen LogP contribution >= 0.6 is 0 Å². The van der Waals surface area contributed by atoms with E-state index in [1.54, 1.807) is 0 Å². The highest BCUT2D eigenvalue weighted by Crippen LogP contribution is 2.26. The van der Waals surface area contributed by atoms with Crippen LogP contribution in [0.2, 0.25) is 0 Å². The molecule has 0 radical (unpaired) electrons. The summed E-state index contributed by atoms with van der Waals surface area (Å²) in [6.07, 6.45) is 2.77. The summed E-state index contributed by atoms with van der Waals surface area (Å²) in [5, 5.41) is 0. The molecule has 0 aliphatic carbocycles. The SMILES string of the molecule is CCCOc1cccc(OB(Oc2cccc(OCCC)c2)Oc2cccc(OCCC)c2)c1. The standard InChI is InChI=1S/C27H33BO6/c1-4-16-29-22-10-7-13-25(19-22)32-28(33-26-14-8-11-23(20-26)30-17-5-2)34-27-15-9-12-24(21-27)31-18-6-3/h7-15,19-21H,4-6,16-18H2,1-3H3. The van der Waals surface area contributed by atoms with E-state index in [2.05, 4.69) is 20.8 Å². The fraction of sp³-hybridized carbons (Fsp3) is 0.333. The van der Waals surface area contributed by atoms with Gasteiger partial charge in [-0.25, -0.2) is 0 Å². The number of ether oxygens (including phenoxy) is 3. The van der Waals surface area contributed by atoms with Gasteiger partial charge in [-0.3, -0.25) is 0 Å². The maximum absolute atomic E-state index is 6.08. The van der Waals surface area contributed by atoms with Crippen LogP contribution in [0, 0.1) is 0 Å². The predicted molar refractivity (Wildman–Crippen MR) is 134 cm³/mol. The van der Waals surface area contributed by atoms with Crippen molar-refractivity contribution in [3.8, 4) is 34.5 Å². The van der Waals surface area contributed by atoms with Gasteiger partial charge >= 0.3 is 7.32 Å². The van der Waals surface area contributed by atoms with Gasteiger partial charge in [0.2, 0.25) is 0 Å². The van der Waals surface area contributed by atoms with Gasteiger partial charge in [0.15, 0.2) is 0 Å². The van der Waals surface area contributed by atoms with Crippen LogP contribution in [0.15, 0.2) is 72.8 Å². The highest BCUT2D eigenvalue weighted by atomic mass is 16.7. The fourth-order valence-corrected chi connectivity index (χ4v) is 2.98. The van der Waals surface area contributed by atoms with E-state index in [0.29, 0.717) is 37.1 Å². The molecule has 3 aromatic carbocycles. The van der Waals surface area contributed by atoms with E-state index < -0.39 is 7.32 Å². The van der Waals surface area contributed by atoms with Crippen molar-refractivity contribution in [1.82, 2.24) is 0 Å². The molecule has 0 bridgehead atoms. The average Bonchev–Trinajstić information content (AvgIpc) is 2.85. The molecule has 3 aromatic rings. The van der Waals surface area contributed by atoms with Gasteiger partial charge in [-0.1, -0.05) is 39.0 Å². The van der Waals surface area contributed by atoms with E-state index in [-0.39, 0.29) is 0 Å². The average molecular weight is 464 g/mol.